The molecule has 2 N–H and O–H groups in total. The molecule has 1 rings (SSSR count). The third-order valence-electron chi connectivity index (χ3n) is 3.19. The molecule has 1 aromatic rings. The van der Waals surface area contributed by atoms with Crippen LogP contribution in [0.2, 0.25) is 0 Å². The van der Waals surface area contributed by atoms with Crippen molar-refractivity contribution >= 4 is 11.8 Å². The summed E-state index contributed by atoms with van der Waals surface area (Å²) in [6, 6.07) is 5.81. The van der Waals surface area contributed by atoms with E-state index in [2.05, 4.69) is 24.5 Å². The molecule has 2 amide bonds. The quantitative estimate of drug-likeness (QED) is 0.846. The van der Waals surface area contributed by atoms with Gasteiger partial charge < -0.3 is 15.4 Å². The van der Waals surface area contributed by atoms with Gasteiger partial charge in [-0.1, -0.05) is 19.9 Å². The summed E-state index contributed by atoms with van der Waals surface area (Å²) in [4.78, 5) is 23.3. The number of amides is 2. The number of hydrogen-bond acceptors (Lipinski definition) is 3. The fourth-order valence-corrected chi connectivity index (χ4v) is 2.23. The molecule has 0 saturated heterocycles. The van der Waals surface area contributed by atoms with E-state index in [-0.39, 0.29) is 30.5 Å². The smallest absolute Gasteiger partial charge is 0.258 e. The van der Waals surface area contributed by atoms with Crippen LogP contribution in [-0.4, -0.2) is 30.5 Å². The van der Waals surface area contributed by atoms with E-state index in [0.717, 1.165) is 5.56 Å². The first-order valence-corrected chi connectivity index (χ1v) is 7.89. The fourth-order valence-electron chi connectivity index (χ4n) is 2.23. The molecule has 128 valence electrons. The molecule has 5 nitrogen and oxygen atoms in total. The van der Waals surface area contributed by atoms with Crippen LogP contribution in [0.4, 0.5) is 0 Å². The zero-order chi connectivity index (χ0) is 17.6. The van der Waals surface area contributed by atoms with Crippen LogP contribution in [0.15, 0.2) is 18.2 Å². The zero-order valence-corrected chi connectivity index (χ0v) is 14.9. The third-order valence-corrected chi connectivity index (χ3v) is 3.19. The summed E-state index contributed by atoms with van der Waals surface area (Å²) in [6.07, 6.45) is 0. The SMILES string of the molecule is Cc1cc(OCC(=O)NCC(=O)NC(C)(C)C)ccc1C(C)C. The molecule has 0 aliphatic carbocycles. The summed E-state index contributed by atoms with van der Waals surface area (Å²) in [5.41, 5.74) is 2.09. The Bertz CT molecular complexity index is 560. The lowest BCUT2D eigenvalue weighted by molar-refractivity contribution is -0.127. The molecule has 23 heavy (non-hydrogen) atoms. The molecule has 1 aromatic carbocycles. The Morgan fingerprint density at radius 3 is 2.35 bits per heavy atom. The van der Waals surface area contributed by atoms with Crippen LogP contribution in [0.25, 0.3) is 0 Å². The van der Waals surface area contributed by atoms with Gasteiger partial charge in [0, 0.05) is 5.54 Å². The number of nitrogens with one attached hydrogen (secondary N) is 2. The van der Waals surface area contributed by atoms with Crippen molar-refractivity contribution in [3.63, 3.8) is 0 Å². The van der Waals surface area contributed by atoms with Gasteiger partial charge in [-0.25, -0.2) is 0 Å². The molecule has 0 aliphatic heterocycles. The Labute approximate surface area is 138 Å². The number of carbonyl (C=O) groups is 2. The summed E-state index contributed by atoms with van der Waals surface area (Å²) >= 11 is 0. The molecule has 0 unspecified atom stereocenters. The van der Waals surface area contributed by atoms with E-state index in [1.807, 2.05) is 45.9 Å². The van der Waals surface area contributed by atoms with Crippen LogP contribution in [0, 0.1) is 6.92 Å². The molecule has 0 bridgehead atoms. The molecule has 0 aromatic heterocycles. The lowest BCUT2D eigenvalue weighted by Crippen LogP contribution is -2.46. The van der Waals surface area contributed by atoms with Crippen molar-refractivity contribution in [2.75, 3.05) is 13.2 Å². The summed E-state index contributed by atoms with van der Waals surface area (Å²) < 4.78 is 5.47. The van der Waals surface area contributed by atoms with E-state index in [1.54, 1.807) is 0 Å². The van der Waals surface area contributed by atoms with Gasteiger partial charge in [0.05, 0.1) is 6.54 Å². The highest BCUT2D eigenvalue weighted by atomic mass is 16.5. The number of rotatable bonds is 6. The van der Waals surface area contributed by atoms with E-state index in [1.165, 1.54) is 5.56 Å². The second kappa shape index (κ2) is 7.99. The van der Waals surface area contributed by atoms with Gasteiger partial charge in [0.25, 0.3) is 5.91 Å². The van der Waals surface area contributed by atoms with Crippen LogP contribution < -0.4 is 15.4 Å². The second-order valence-electron chi connectivity index (χ2n) is 7.04. The highest BCUT2D eigenvalue weighted by molar-refractivity contribution is 5.85. The Morgan fingerprint density at radius 1 is 1.17 bits per heavy atom. The molecule has 0 saturated carbocycles. The Hall–Kier alpha value is -2.04. The third kappa shape index (κ3) is 7.17. The van der Waals surface area contributed by atoms with Crippen molar-refractivity contribution < 1.29 is 14.3 Å². The van der Waals surface area contributed by atoms with E-state index in [4.69, 9.17) is 4.74 Å². The number of carbonyl (C=O) groups excluding carboxylic acids is 2. The Kier molecular flexibility index (Phi) is 6.61. The van der Waals surface area contributed by atoms with E-state index in [9.17, 15) is 9.59 Å². The maximum atomic E-state index is 11.7. The summed E-state index contributed by atoms with van der Waals surface area (Å²) in [5, 5.41) is 5.32. The lowest BCUT2D eigenvalue weighted by atomic mass is 9.98. The van der Waals surface area contributed by atoms with Crippen molar-refractivity contribution in [2.24, 2.45) is 0 Å². The summed E-state index contributed by atoms with van der Waals surface area (Å²) in [7, 11) is 0. The van der Waals surface area contributed by atoms with E-state index < -0.39 is 0 Å². The molecular formula is C18H28N2O3. The van der Waals surface area contributed by atoms with Crippen molar-refractivity contribution in [1.82, 2.24) is 10.6 Å². The molecule has 0 fully saturated rings. The van der Waals surface area contributed by atoms with Crippen LogP contribution in [0.3, 0.4) is 0 Å². The predicted molar refractivity (Wildman–Crippen MR) is 91.7 cm³/mol. The predicted octanol–water partition coefficient (Wildman–Crippen LogP) is 2.53. The molecule has 5 heteroatoms. The first-order chi connectivity index (χ1) is 10.6. The second-order valence-corrected chi connectivity index (χ2v) is 7.04. The van der Waals surface area contributed by atoms with Crippen molar-refractivity contribution in [3.05, 3.63) is 29.3 Å². The standard InChI is InChI=1S/C18H28N2O3/c1-12(2)15-8-7-14(9-13(15)3)23-11-17(22)19-10-16(21)20-18(4,5)6/h7-9,12H,10-11H2,1-6H3,(H,19,22)(H,20,21). The summed E-state index contributed by atoms with van der Waals surface area (Å²) in [6.45, 7) is 11.8. The number of ether oxygens (including phenoxy) is 1. The van der Waals surface area contributed by atoms with Crippen LogP contribution in [0.1, 0.15) is 51.7 Å². The van der Waals surface area contributed by atoms with Crippen molar-refractivity contribution in [1.29, 1.82) is 0 Å². The van der Waals surface area contributed by atoms with Gasteiger partial charge in [0.15, 0.2) is 6.61 Å². The highest BCUT2D eigenvalue weighted by Crippen LogP contribution is 2.23. The van der Waals surface area contributed by atoms with Gasteiger partial charge in [0.1, 0.15) is 5.75 Å². The van der Waals surface area contributed by atoms with Gasteiger partial charge in [0.2, 0.25) is 5.91 Å². The van der Waals surface area contributed by atoms with Crippen molar-refractivity contribution in [3.8, 4) is 5.75 Å². The largest absolute Gasteiger partial charge is 0.484 e. The van der Waals surface area contributed by atoms with Gasteiger partial charge in [-0.15, -0.1) is 0 Å². The van der Waals surface area contributed by atoms with Crippen molar-refractivity contribution in [2.45, 2.75) is 53.0 Å². The molecule has 0 radical (unpaired) electrons. The first-order valence-electron chi connectivity index (χ1n) is 7.89. The average molecular weight is 320 g/mol. The minimum Gasteiger partial charge on any atom is -0.484 e. The van der Waals surface area contributed by atoms with E-state index in [0.29, 0.717) is 11.7 Å². The molecule has 0 aliphatic rings. The zero-order valence-electron chi connectivity index (χ0n) is 14.9. The van der Waals surface area contributed by atoms with Crippen LogP contribution in [0.5, 0.6) is 5.75 Å². The van der Waals surface area contributed by atoms with Gasteiger partial charge in [-0.2, -0.15) is 0 Å². The maximum absolute atomic E-state index is 11.7. The van der Waals surface area contributed by atoms with E-state index >= 15 is 0 Å². The molecule has 0 spiro atoms. The van der Waals surface area contributed by atoms with Gasteiger partial charge in [-0.05, 0) is 56.9 Å². The monoisotopic (exact) mass is 320 g/mol. The minimum atomic E-state index is -0.320. The Balaban J connectivity index is 2.42. The fraction of sp³-hybridized carbons (Fsp3) is 0.556. The van der Waals surface area contributed by atoms with Crippen LogP contribution >= 0.6 is 0 Å². The van der Waals surface area contributed by atoms with Gasteiger partial charge in [-0.3, -0.25) is 9.59 Å². The topological polar surface area (TPSA) is 67.4 Å². The normalized spacial score (nSPS) is 11.3. The maximum Gasteiger partial charge on any atom is 0.258 e. The number of benzene rings is 1. The number of aryl methyl sites for hydroxylation is 1. The first kappa shape index (κ1) is 19.0. The van der Waals surface area contributed by atoms with Gasteiger partial charge >= 0.3 is 0 Å². The van der Waals surface area contributed by atoms with Crippen LogP contribution in [-0.2, 0) is 9.59 Å². The number of hydrogen-bond donors (Lipinski definition) is 2. The average Bonchev–Trinajstić information content (AvgIpc) is 2.40. The molecule has 0 heterocycles. The summed E-state index contributed by atoms with van der Waals surface area (Å²) in [5.74, 6) is 0.567. The molecular weight excluding hydrogens is 292 g/mol. The molecule has 0 atom stereocenters. The Morgan fingerprint density at radius 2 is 1.83 bits per heavy atom. The minimum absolute atomic E-state index is 0.0508. The highest BCUT2D eigenvalue weighted by Gasteiger charge is 2.14. The lowest BCUT2D eigenvalue weighted by Gasteiger charge is -2.20.